The van der Waals surface area contributed by atoms with E-state index in [-0.39, 0.29) is 0 Å². The second-order valence-electron chi connectivity index (χ2n) is 2.84. The molecule has 0 aromatic carbocycles. The van der Waals surface area contributed by atoms with Crippen LogP contribution in [0.5, 0.6) is 0 Å². The summed E-state index contributed by atoms with van der Waals surface area (Å²) >= 11 is 0. The number of rotatable bonds is 6. The van der Waals surface area contributed by atoms with Crippen LogP contribution in [0.4, 0.5) is 0 Å². The van der Waals surface area contributed by atoms with Crippen LogP contribution in [0.25, 0.3) is 0 Å². The molecule has 0 rings (SSSR count). The molecule has 0 aliphatic rings. The zero-order valence-electron chi connectivity index (χ0n) is 7.34. The number of unbranched alkanes of at least 4 members (excludes halogenated alkanes) is 3. The van der Waals surface area contributed by atoms with E-state index in [1.54, 1.807) is 0 Å². The van der Waals surface area contributed by atoms with Gasteiger partial charge in [-0.3, -0.25) is 0 Å². The monoisotopic (exact) mass is 182 g/mol. The molecule has 0 amide bonds. The van der Waals surface area contributed by atoms with Crippen LogP contribution in [0.2, 0.25) is 0 Å². The molecule has 0 aliphatic heterocycles. The fraction of sp³-hybridized carbons (Fsp3) is 1.00. The topological polar surface area (TPSA) is 49.7 Å². The quantitative estimate of drug-likeness (QED) is 0.485. The molecule has 0 aliphatic carbocycles. The summed E-state index contributed by atoms with van der Waals surface area (Å²) in [6.45, 7) is 3.97. The molecule has 0 saturated heterocycles. The first-order valence-electron chi connectivity index (χ1n) is 4.15. The van der Waals surface area contributed by atoms with Gasteiger partial charge in [0.15, 0.2) is 0 Å². The Hall–Kier alpha value is 0.310. The van der Waals surface area contributed by atoms with E-state index in [0.29, 0.717) is 6.61 Å². The Morgan fingerprint density at radius 1 is 1.18 bits per heavy atom. The van der Waals surface area contributed by atoms with Crippen molar-refractivity contribution in [2.24, 2.45) is 0 Å². The van der Waals surface area contributed by atoms with Gasteiger partial charge in [0.25, 0.3) is 0 Å². The molecule has 70 valence electrons. The second kappa shape index (κ2) is 5.90. The molecule has 11 heavy (non-hydrogen) atoms. The summed E-state index contributed by atoms with van der Waals surface area (Å²) in [5.74, 6) is 0. The molecule has 0 spiro atoms. The molecule has 0 bridgehead atoms. The van der Waals surface area contributed by atoms with Gasteiger partial charge in [-0.05, 0) is 0 Å². The average Bonchev–Trinajstić information content (AvgIpc) is 1.85. The van der Waals surface area contributed by atoms with Gasteiger partial charge in [-0.1, -0.05) is 0 Å². The van der Waals surface area contributed by atoms with E-state index in [1.165, 1.54) is 19.5 Å². The molecule has 0 unspecified atom stereocenters. The van der Waals surface area contributed by atoms with E-state index in [0.717, 1.165) is 12.8 Å². The minimum atomic E-state index is -3.22. The Morgan fingerprint density at radius 3 is 2.27 bits per heavy atom. The van der Waals surface area contributed by atoms with E-state index >= 15 is 0 Å². The van der Waals surface area contributed by atoms with Crippen molar-refractivity contribution >= 4 is 7.94 Å². The van der Waals surface area contributed by atoms with Gasteiger partial charge >= 0.3 is 68.1 Å². The molecule has 3 nitrogen and oxygen atoms in total. The van der Waals surface area contributed by atoms with Crippen LogP contribution in [-0.4, -0.2) is 23.1 Å². The summed E-state index contributed by atoms with van der Waals surface area (Å²) in [6.07, 6.45) is 4.42. The van der Waals surface area contributed by atoms with E-state index in [2.05, 4.69) is 6.92 Å². The third-order valence-corrected chi connectivity index (χ3v) is 2.12. The van der Waals surface area contributed by atoms with Crippen molar-refractivity contribution in [3.05, 3.63) is 0 Å². The Kier molecular flexibility index (Phi) is 6.06. The fourth-order valence-corrected chi connectivity index (χ4v) is 1.33. The molecule has 0 aromatic heterocycles. The summed E-state index contributed by atoms with van der Waals surface area (Å²) < 4.78 is 4.83. The van der Waals surface area contributed by atoms with E-state index in [1.807, 2.05) is 0 Å². The Bertz CT molecular complexity index is 90.2. The van der Waals surface area contributed by atoms with Gasteiger partial charge in [0, 0.05) is 0 Å². The summed E-state index contributed by atoms with van der Waals surface area (Å²) in [6, 6.07) is 0. The first-order valence-corrected chi connectivity index (χ1v) is 6.45. The van der Waals surface area contributed by atoms with Crippen LogP contribution in [0.3, 0.4) is 0 Å². The van der Waals surface area contributed by atoms with Crippen molar-refractivity contribution in [3.8, 4) is 0 Å². The molecule has 0 atom stereocenters. The van der Waals surface area contributed by atoms with Crippen molar-refractivity contribution in [3.63, 3.8) is 0 Å². The Labute approximate surface area is 69.0 Å². The van der Waals surface area contributed by atoms with Crippen LogP contribution < -0.4 is 0 Å². The molecule has 4 heteroatoms. The molecule has 0 aromatic rings. The third kappa shape index (κ3) is 10.3. The summed E-state index contributed by atoms with van der Waals surface area (Å²) in [4.78, 5) is 17.7. The zero-order valence-corrected chi connectivity index (χ0v) is 8.34. The predicted octanol–water partition coefficient (Wildman–Crippen LogP) is 1.69. The Balaban J connectivity index is 3.02. The van der Waals surface area contributed by atoms with E-state index in [4.69, 9.17) is 14.3 Å². The van der Waals surface area contributed by atoms with Gasteiger partial charge in [0.05, 0.1) is 0 Å². The van der Waals surface area contributed by atoms with Gasteiger partial charge in [-0.25, -0.2) is 0 Å². The van der Waals surface area contributed by atoms with Gasteiger partial charge in [0.2, 0.25) is 0 Å². The van der Waals surface area contributed by atoms with Crippen LogP contribution in [-0.2, 0) is 4.52 Å². The molecular weight excluding hydrogens is 163 g/mol. The van der Waals surface area contributed by atoms with Crippen molar-refractivity contribution in [1.29, 1.82) is 0 Å². The zero-order chi connectivity index (χ0) is 8.74. The summed E-state index contributed by atoms with van der Waals surface area (Å²) in [5.41, 5.74) is 0. The van der Waals surface area contributed by atoms with E-state index in [9.17, 15) is 0 Å². The van der Waals surface area contributed by atoms with Gasteiger partial charge in [-0.2, -0.15) is 0 Å². The second-order valence-corrected chi connectivity index (χ2v) is 5.00. The molecule has 0 heterocycles. The summed E-state index contributed by atoms with van der Waals surface area (Å²) in [7, 11) is -3.22. The average molecular weight is 182 g/mol. The number of hydrogen-bond donors (Lipinski definition) is 2. The maximum atomic E-state index is 8.85. The van der Waals surface area contributed by atoms with Gasteiger partial charge < -0.3 is 0 Å². The van der Waals surface area contributed by atoms with Crippen molar-refractivity contribution < 1.29 is 14.3 Å². The van der Waals surface area contributed by atoms with Crippen LogP contribution >= 0.6 is 7.94 Å². The van der Waals surface area contributed by atoms with Crippen molar-refractivity contribution in [1.82, 2.24) is 0 Å². The van der Waals surface area contributed by atoms with Crippen LogP contribution in [0.15, 0.2) is 0 Å². The molecule has 0 radical (unpaired) electrons. The molecule has 0 fully saturated rings. The summed E-state index contributed by atoms with van der Waals surface area (Å²) in [5, 5.41) is 0. The van der Waals surface area contributed by atoms with Gasteiger partial charge in [0.1, 0.15) is 0 Å². The Morgan fingerprint density at radius 2 is 1.82 bits per heavy atom. The maximum absolute atomic E-state index is 8.85. The van der Waals surface area contributed by atoms with Gasteiger partial charge in [-0.15, -0.1) is 0 Å². The minimum absolute atomic E-state index is 0.482. The predicted molar refractivity (Wildman–Crippen MR) is 48.8 cm³/mol. The molecular formula is C7H19O3P. The number of hydrogen-bond acceptors (Lipinski definition) is 3. The normalized spacial score (nSPS) is 13.5. The third-order valence-electron chi connectivity index (χ3n) is 1.37. The molecule has 0 saturated carbocycles. The fourth-order valence-electron chi connectivity index (χ4n) is 0.794. The van der Waals surface area contributed by atoms with Crippen molar-refractivity contribution in [2.75, 3.05) is 13.3 Å². The van der Waals surface area contributed by atoms with Crippen LogP contribution in [0.1, 0.15) is 32.6 Å². The molecule has 2 N–H and O–H groups in total. The van der Waals surface area contributed by atoms with Crippen molar-refractivity contribution in [2.45, 2.75) is 32.6 Å². The van der Waals surface area contributed by atoms with E-state index < -0.39 is 7.94 Å². The first kappa shape index (κ1) is 11.3. The van der Waals surface area contributed by atoms with Crippen LogP contribution in [0, 0.1) is 0 Å². The standard InChI is InChI=1S/C7H19O3P/c1-3-4-5-6-7-10-11(2,8)9/h8-9,11H,3-7H2,1-2H3. The first-order chi connectivity index (χ1) is 5.06. The SMILES string of the molecule is CCCCCCO[PH](C)(O)O.